The molecule has 0 aliphatic carbocycles. The fourth-order valence-electron chi connectivity index (χ4n) is 5.36. The molecule has 1 heterocycles. The van der Waals surface area contributed by atoms with Crippen LogP contribution in [0.25, 0.3) is 11.3 Å². The number of carbonyl (C=O) groups excluding carboxylic acids is 1. The van der Waals surface area contributed by atoms with Crippen LogP contribution in [0.15, 0.2) is 78.7 Å². The maximum Gasteiger partial charge on any atom is 0.192 e. The van der Waals surface area contributed by atoms with Crippen molar-refractivity contribution in [3.63, 3.8) is 0 Å². The van der Waals surface area contributed by atoms with Crippen LogP contribution in [0.5, 0.6) is 0 Å². The van der Waals surface area contributed by atoms with E-state index >= 15 is 0 Å². The summed E-state index contributed by atoms with van der Waals surface area (Å²) in [6.45, 7) is 16.4. The van der Waals surface area contributed by atoms with Crippen molar-refractivity contribution in [1.29, 1.82) is 0 Å². The van der Waals surface area contributed by atoms with Gasteiger partial charge in [-0.2, -0.15) is 0 Å². The summed E-state index contributed by atoms with van der Waals surface area (Å²) in [5.41, 5.74) is 14.1. The van der Waals surface area contributed by atoms with Crippen molar-refractivity contribution in [3.8, 4) is 11.3 Å². The van der Waals surface area contributed by atoms with Crippen LogP contribution in [0, 0.1) is 47.6 Å². The van der Waals surface area contributed by atoms with Crippen molar-refractivity contribution in [2.75, 3.05) is 0 Å². The average molecular weight is 698 g/mol. The minimum absolute atomic E-state index is 0. The number of hydrogen-bond acceptors (Lipinski definition) is 3. The van der Waals surface area contributed by atoms with E-state index in [-0.39, 0.29) is 39.3 Å². The molecule has 0 atom stereocenters. The van der Waals surface area contributed by atoms with Gasteiger partial charge in [-0.1, -0.05) is 80.7 Å². The third kappa shape index (κ3) is 8.38. The quantitative estimate of drug-likeness (QED) is 0.122. The first-order valence-corrected chi connectivity index (χ1v) is 12.9. The Morgan fingerprint density at radius 3 is 1.67 bits per heavy atom. The van der Waals surface area contributed by atoms with E-state index in [2.05, 4.69) is 95.1 Å². The van der Waals surface area contributed by atoms with Crippen LogP contribution in [-0.4, -0.2) is 22.6 Å². The van der Waals surface area contributed by atoms with E-state index in [1.807, 2.05) is 24.4 Å². The van der Waals surface area contributed by atoms with Crippen LogP contribution >= 0.6 is 0 Å². The summed E-state index contributed by atoms with van der Waals surface area (Å²) in [5.74, 6) is -0.0625. The monoisotopic (exact) mass is 697 g/mol. The summed E-state index contributed by atoms with van der Waals surface area (Å²) in [4.78, 5) is 14.5. The van der Waals surface area contributed by atoms with E-state index in [1.54, 1.807) is 0 Å². The van der Waals surface area contributed by atoms with E-state index in [1.165, 1.54) is 69.7 Å². The van der Waals surface area contributed by atoms with Gasteiger partial charge in [0.2, 0.25) is 0 Å². The molecule has 0 aliphatic heterocycles. The molecule has 5 heteroatoms. The second-order valence-corrected chi connectivity index (χ2v) is 10.2. The van der Waals surface area contributed by atoms with Gasteiger partial charge in [0.25, 0.3) is 0 Å². The van der Waals surface area contributed by atoms with Gasteiger partial charge in [0, 0.05) is 33.3 Å². The van der Waals surface area contributed by atoms with E-state index in [0.717, 1.165) is 11.3 Å². The zero-order chi connectivity index (χ0) is 28.0. The maximum absolute atomic E-state index is 10.0. The largest absolute Gasteiger partial charge is 0.512 e. The SMILES string of the molecule is CC(=O)/C=C(/C)O.Cc1cc(C)c(B(c2c[c-]c(-c3ccccn3)cc2)c2c(C)cc(C)cc2C)c(C)c1.[Pt]. The predicted molar refractivity (Wildman–Crippen MR) is 162 cm³/mol. The fraction of sp³-hybridized carbons (Fsp3) is 0.235. The van der Waals surface area contributed by atoms with Gasteiger partial charge in [-0.25, -0.2) is 0 Å². The van der Waals surface area contributed by atoms with Gasteiger partial charge in [-0.3, -0.25) is 4.79 Å². The number of benzene rings is 3. The summed E-state index contributed by atoms with van der Waals surface area (Å²) in [7, 11) is 0. The normalized spacial score (nSPS) is 10.7. The molecule has 39 heavy (non-hydrogen) atoms. The van der Waals surface area contributed by atoms with E-state index in [4.69, 9.17) is 5.11 Å². The molecule has 1 N–H and O–H groups in total. The zero-order valence-corrected chi connectivity index (χ0v) is 26.4. The third-order valence-corrected chi connectivity index (χ3v) is 6.58. The van der Waals surface area contributed by atoms with Crippen molar-refractivity contribution in [2.45, 2.75) is 55.4 Å². The summed E-state index contributed by atoms with van der Waals surface area (Å²) < 4.78 is 0. The minimum atomic E-state index is -0.125. The number of aryl methyl sites for hydroxylation is 6. The Morgan fingerprint density at radius 2 is 1.33 bits per heavy atom. The Kier molecular flexibility index (Phi) is 11.7. The Balaban J connectivity index is 0.000000592. The molecule has 0 spiro atoms. The van der Waals surface area contributed by atoms with Crippen molar-refractivity contribution in [3.05, 3.63) is 118 Å². The summed E-state index contributed by atoms with van der Waals surface area (Å²) in [5, 5.41) is 8.36. The number of aliphatic hydroxyl groups excluding tert-OH is 1. The van der Waals surface area contributed by atoms with E-state index < -0.39 is 0 Å². The molecular weight excluding hydrogens is 660 g/mol. The molecule has 0 saturated heterocycles. The molecule has 0 saturated carbocycles. The molecule has 3 aromatic carbocycles. The number of aliphatic hydroxyl groups is 1. The van der Waals surface area contributed by atoms with Gasteiger partial charge in [-0.05, 0) is 67.2 Å². The number of allylic oxidation sites excluding steroid dienone is 2. The van der Waals surface area contributed by atoms with Gasteiger partial charge in [0.15, 0.2) is 12.5 Å². The van der Waals surface area contributed by atoms with Crippen molar-refractivity contribution in [1.82, 2.24) is 4.98 Å². The second kappa shape index (κ2) is 14.2. The number of carbonyl (C=O) groups is 1. The Morgan fingerprint density at radius 1 is 0.821 bits per heavy atom. The van der Waals surface area contributed by atoms with Gasteiger partial charge >= 0.3 is 0 Å². The number of aromatic nitrogens is 1. The van der Waals surface area contributed by atoms with E-state index in [0.29, 0.717) is 0 Å². The second-order valence-electron chi connectivity index (χ2n) is 10.2. The standard InChI is InChI=1S/C29H29BN.C5H8O2.Pt/c1-19-15-21(3)28(22(4)16-19)30(29-23(5)17-20(2)18-24(29)6)26-12-10-25(11-13-26)27-9-7-8-14-31-27;1-4(6)3-5(2)7;/h7-10,12-18H,1-6H3;3,6H,1-2H3;/q-1;;/b;4-3-;. The third-order valence-electron chi connectivity index (χ3n) is 6.58. The molecular formula is C34H37BNO2Pt-. The number of pyridine rings is 1. The summed E-state index contributed by atoms with van der Waals surface area (Å²) in [6.07, 6.45) is 3.00. The maximum atomic E-state index is 10.0. The zero-order valence-electron chi connectivity index (χ0n) is 24.1. The molecule has 4 aromatic rings. The van der Waals surface area contributed by atoms with Crippen LogP contribution < -0.4 is 16.4 Å². The molecule has 4 rings (SSSR count). The summed E-state index contributed by atoms with van der Waals surface area (Å²) in [6, 6.07) is 25.3. The van der Waals surface area contributed by atoms with Crippen LogP contribution in [0.1, 0.15) is 47.2 Å². The fourth-order valence-corrected chi connectivity index (χ4v) is 5.36. The van der Waals surface area contributed by atoms with E-state index in [9.17, 15) is 4.79 Å². The summed E-state index contributed by atoms with van der Waals surface area (Å²) >= 11 is 0. The topological polar surface area (TPSA) is 50.2 Å². The van der Waals surface area contributed by atoms with Crippen molar-refractivity contribution < 1.29 is 31.0 Å². The Labute approximate surface area is 248 Å². The van der Waals surface area contributed by atoms with Crippen molar-refractivity contribution >= 4 is 28.9 Å². The molecule has 3 nitrogen and oxygen atoms in total. The first kappa shape index (κ1) is 32.0. The minimum Gasteiger partial charge on any atom is -0.512 e. The molecule has 1 aromatic heterocycles. The predicted octanol–water partition coefficient (Wildman–Crippen LogP) is 5.95. The van der Waals surface area contributed by atoms with Crippen LogP contribution in [0.3, 0.4) is 0 Å². The first-order chi connectivity index (χ1) is 18.0. The Bertz CT molecular complexity index is 1350. The van der Waals surface area contributed by atoms with Crippen LogP contribution in [0.2, 0.25) is 0 Å². The van der Waals surface area contributed by atoms with Gasteiger partial charge in [0.1, 0.15) is 0 Å². The molecule has 204 valence electrons. The molecule has 0 bridgehead atoms. The molecule has 0 radical (unpaired) electrons. The van der Waals surface area contributed by atoms with Gasteiger partial charge in [0.05, 0.1) is 5.76 Å². The van der Waals surface area contributed by atoms with Gasteiger partial charge < -0.3 is 10.1 Å². The van der Waals surface area contributed by atoms with Crippen molar-refractivity contribution in [2.24, 2.45) is 0 Å². The molecule has 0 amide bonds. The van der Waals surface area contributed by atoms with Crippen LogP contribution in [0.4, 0.5) is 0 Å². The van der Waals surface area contributed by atoms with Crippen LogP contribution in [-0.2, 0) is 25.9 Å². The van der Waals surface area contributed by atoms with Gasteiger partial charge in [-0.15, -0.1) is 35.3 Å². The number of hydrogen-bond donors (Lipinski definition) is 1. The number of rotatable bonds is 5. The number of ketones is 1. The first-order valence-electron chi connectivity index (χ1n) is 12.9. The smallest absolute Gasteiger partial charge is 0.192 e. The average Bonchev–Trinajstić information content (AvgIpc) is 2.82. The molecule has 0 unspecified atom stereocenters. The Hall–Kier alpha value is -3.23. The molecule has 0 fully saturated rings. The number of nitrogens with zero attached hydrogens (tertiary/aromatic N) is 1. The molecule has 0 aliphatic rings.